The number of ether oxygens (including phenoxy) is 1. The molecule has 144 valence electrons. The van der Waals surface area contributed by atoms with Gasteiger partial charge in [0.2, 0.25) is 0 Å². The molecular weight excluding hydrogens is 329 g/mol. The minimum atomic E-state index is -3.72. The first-order valence-corrected chi connectivity index (χ1v) is 10.5. The smallest absolute Gasteiger partial charge is 0.440 e. The van der Waals surface area contributed by atoms with Crippen LogP contribution >= 0.6 is 7.75 Å². The van der Waals surface area contributed by atoms with Crippen LogP contribution in [0.1, 0.15) is 80.6 Å². The highest BCUT2D eigenvalue weighted by Gasteiger charge is 2.42. The summed E-state index contributed by atoms with van der Waals surface area (Å²) in [5.41, 5.74) is -0.680. The largest absolute Gasteiger partial charge is 0.443 e. The molecule has 0 aliphatic rings. The van der Waals surface area contributed by atoms with Crippen LogP contribution in [0.2, 0.25) is 0 Å². The van der Waals surface area contributed by atoms with Crippen LogP contribution in [0, 0.1) is 0 Å². The van der Waals surface area contributed by atoms with Crippen LogP contribution in [-0.4, -0.2) is 35.6 Å². The lowest BCUT2D eigenvalue weighted by Crippen LogP contribution is -2.41. The second kappa shape index (κ2) is 11.1. The Morgan fingerprint density at radius 3 is 2.00 bits per heavy atom. The van der Waals surface area contributed by atoms with Gasteiger partial charge in [0.25, 0.3) is 0 Å². The number of unbranched alkanes of at least 4 members (excludes halogenated alkanes) is 3. The lowest BCUT2D eigenvalue weighted by molar-refractivity contribution is 0.0255. The Kier molecular flexibility index (Phi) is 10.8. The number of amides is 1. The number of hydrogen-bond donors (Lipinski definition) is 0. The van der Waals surface area contributed by atoms with E-state index in [2.05, 4.69) is 6.92 Å². The highest BCUT2D eigenvalue weighted by molar-refractivity contribution is 7.52. The van der Waals surface area contributed by atoms with E-state index in [-0.39, 0.29) is 19.3 Å². The van der Waals surface area contributed by atoms with Gasteiger partial charge >= 0.3 is 13.8 Å². The van der Waals surface area contributed by atoms with Crippen molar-refractivity contribution >= 4 is 13.8 Å². The number of nitrogens with zero attached hydrogens (tertiary/aromatic N) is 1. The van der Waals surface area contributed by atoms with Gasteiger partial charge in [0.05, 0.1) is 13.2 Å². The van der Waals surface area contributed by atoms with Crippen molar-refractivity contribution in [2.24, 2.45) is 0 Å². The lowest BCUT2D eigenvalue weighted by Gasteiger charge is -2.35. The number of carbonyl (C=O) groups is 1. The Balaban J connectivity index is 5.32. The molecule has 0 rings (SSSR count). The molecule has 0 fully saturated rings. The molecule has 0 spiro atoms. The quantitative estimate of drug-likeness (QED) is 0.344. The molecule has 1 atom stereocenters. The van der Waals surface area contributed by atoms with Gasteiger partial charge in [0, 0.05) is 6.04 Å². The van der Waals surface area contributed by atoms with E-state index >= 15 is 0 Å². The summed E-state index contributed by atoms with van der Waals surface area (Å²) in [5.74, 6) is 0. The molecule has 0 radical (unpaired) electrons. The average molecular weight is 365 g/mol. The van der Waals surface area contributed by atoms with Crippen molar-refractivity contribution in [3.05, 3.63) is 0 Å². The van der Waals surface area contributed by atoms with Gasteiger partial charge in [0.15, 0.2) is 0 Å². The standard InChI is InChI=1S/C17H36NO5P/c1-8-11-12-13-14-15(4)18(16(19)23-17(5,6)7)24(20,21-9-2)22-10-3/h15H,8-14H2,1-7H3/t15-/m0/s1. The van der Waals surface area contributed by atoms with E-state index in [1.165, 1.54) is 4.67 Å². The predicted molar refractivity (Wildman–Crippen MR) is 97.2 cm³/mol. The zero-order valence-electron chi connectivity index (χ0n) is 16.5. The minimum Gasteiger partial charge on any atom is -0.443 e. The molecule has 0 aliphatic heterocycles. The van der Waals surface area contributed by atoms with E-state index in [0.717, 1.165) is 32.1 Å². The molecule has 0 saturated carbocycles. The molecule has 7 heteroatoms. The second-order valence-corrected chi connectivity index (χ2v) is 8.71. The Hall–Kier alpha value is -0.580. The maximum absolute atomic E-state index is 13.2. The fourth-order valence-electron chi connectivity index (χ4n) is 2.31. The first kappa shape index (κ1) is 23.4. The van der Waals surface area contributed by atoms with E-state index in [9.17, 15) is 9.36 Å². The Morgan fingerprint density at radius 2 is 1.58 bits per heavy atom. The van der Waals surface area contributed by atoms with Crippen molar-refractivity contribution in [1.29, 1.82) is 0 Å². The highest BCUT2D eigenvalue weighted by atomic mass is 31.2. The van der Waals surface area contributed by atoms with Crippen molar-refractivity contribution in [2.75, 3.05) is 13.2 Å². The third kappa shape index (κ3) is 8.50. The van der Waals surface area contributed by atoms with Crippen molar-refractivity contribution < 1.29 is 23.1 Å². The van der Waals surface area contributed by atoms with Crippen LogP contribution < -0.4 is 0 Å². The first-order chi connectivity index (χ1) is 11.1. The third-order valence-electron chi connectivity index (χ3n) is 3.32. The number of hydrogen-bond acceptors (Lipinski definition) is 5. The van der Waals surface area contributed by atoms with E-state index in [1.54, 1.807) is 34.6 Å². The van der Waals surface area contributed by atoms with Crippen molar-refractivity contribution in [3.63, 3.8) is 0 Å². The number of carbonyl (C=O) groups excluding carboxylic acids is 1. The van der Waals surface area contributed by atoms with Crippen LogP contribution in [-0.2, 0) is 18.3 Å². The minimum absolute atomic E-state index is 0.194. The van der Waals surface area contributed by atoms with Crippen LogP contribution in [0.15, 0.2) is 0 Å². The molecule has 0 aromatic heterocycles. The average Bonchev–Trinajstić information content (AvgIpc) is 2.42. The fourth-order valence-corrected chi connectivity index (χ4v) is 4.12. The molecule has 0 N–H and O–H groups in total. The summed E-state index contributed by atoms with van der Waals surface area (Å²) < 4.78 is 30.5. The zero-order chi connectivity index (χ0) is 18.8. The zero-order valence-corrected chi connectivity index (χ0v) is 17.4. The van der Waals surface area contributed by atoms with Gasteiger partial charge in [-0.2, -0.15) is 0 Å². The van der Waals surface area contributed by atoms with E-state index < -0.39 is 19.4 Å². The summed E-state index contributed by atoms with van der Waals surface area (Å²) in [5, 5.41) is 0. The summed E-state index contributed by atoms with van der Waals surface area (Å²) in [4.78, 5) is 12.7. The maximum atomic E-state index is 13.2. The summed E-state index contributed by atoms with van der Waals surface area (Å²) in [6.07, 6.45) is 4.39. The molecule has 0 aromatic rings. The Bertz CT molecular complexity index is 398. The van der Waals surface area contributed by atoms with Gasteiger partial charge in [-0.3, -0.25) is 9.05 Å². The highest BCUT2D eigenvalue weighted by Crippen LogP contribution is 2.54. The summed E-state index contributed by atoms with van der Waals surface area (Å²) >= 11 is 0. The molecule has 0 unspecified atom stereocenters. The van der Waals surface area contributed by atoms with Gasteiger partial charge < -0.3 is 4.74 Å². The van der Waals surface area contributed by atoms with Gasteiger partial charge in [0.1, 0.15) is 5.60 Å². The monoisotopic (exact) mass is 365 g/mol. The van der Waals surface area contributed by atoms with Crippen LogP contribution in [0.4, 0.5) is 4.79 Å². The molecule has 6 nitrogen and oxygen atoms in total. The van der Waals surface area contributed by atoms with Crippen molar-refractivity contribution in [2.45, 2.75) is 92.2 Å². The molecule has 24 heavy (non-hydrogen) atoms. The Labute approximate surface area is 147 Å². The second-order valence-electron chi connectivity index (χ2n) is 6.83. The van der Waals surface area contributed by atoms with Crippen LogP contribution in [0.5, 0.6) is 0 Å². The SMILES string of the molecule is CCCCCC[C@H](C)N(C(=O)OC(C)(C)C)P(=O)(OCC)OCC. The van der Waals surface area contributed by atoms with Gasteiger partial charge in [-0.25, -0.2) is 14.0 Å². The van der Waals surface area contributed by atoms with Gasteiger partial charge in [-0.15, -0.1) is 0 Å². The Morgan fingerprint density at radius 1 is 1.04 bits per heavy atom. The van der Waals surface area contributed by atoms with E-state index in [0.29, 0.717) is 0 Å². The molecule has 0 aromatic carbocycles. The predicted octanol–water partition coefficient (Wildman–Crippen LogP) is 5.76. The van der Waals surface area contributed by atoms with Crippen molar-refractivity contribution in [1.82, 2.24) is 4.67 Å². The molecular formula is C17H36NO5P. The van der Waals surface area contributed by atoms with E-state index in [1.807, 2.05) is 6.92 Å². The summed E-state index contributed by atoms with van der Waals surface area (Å²) in [6.45, 7) is 13.2. The normalized spacial score (nSPS) is 13.6. The fraction of sp³-hybridized carbons (Fsp3) is 0.941. The van der Waals surface area contributed by atoms with Crippen molar-refractivity contribution in [3.8, 4) is 0 Å². The maximum Gasteiger partial charge on any atom is 0.440 e. The molecule has 0 bridgehead atoms. The molecule has 0 aliphatic carbocycles. The lowest BCUT2D eigenvalue weighted by atomic mass is 10.1. The number of rotatable bonds is 11. The first-order valence-electron chi connectivity index (χ1n) is 9.03. The third-order valence-corrected chi connectivity index (χ3v) is 5.58. The summed E-state index contributed by atoms with van der Waals surface area (Å²) in [6, 6.07) is -0.291. The summed E-state index contributed by atoms with van der Waals surface area (Å²) in [7, 11) is -3.72. The molecule has 0 saturated heterocycles. The van der Waals surface area contributed by atoms with Crippen LogP contribution in [0.3, 0.4) is 0 Å². The topological polar surface area (TPSA) is 65.1 Å². The van der Waals surface area contributed by atoms with Gasteiger partial charge in [-0.05, 0) is 48.0 Å². The molecule has 1 amide bonds. The van der Waals surface area contributed by atoms with Crippen LogP contribution in [0.25, 0.3) is 0 Å². The van der Waals surface area contributed by atoms with Gasteiger partial charge in [-0.1, -0.05) is 32.6 Å². The molecule has 0 heterocycles. The van der Waals surface area contributed by atoms with E-state index in [4.69, 9.17) is 13.8 Å².